The van der Waals surface area contributed by atoms with Gasteiger partial charge < -0.3 is 19.7 Å². The maximum absolute atomic E-state index is 12.6. The van der Waals surface area contributed by atoms with Crippen molar-refractivity contribution in [1.82, 2.24) is 5.32 Å². The SMILES string of the molecule is CCCCCCCC/C=C/CCCCCCCC(=O)OCC(COP(=O)(O)OCCNC)OC(=O)CCCCCCC/C=C/CCCCCCCC. The molecular weight excluding hydrogens is 677 g/mol. The number of unbranched alkanes of at least 4 members (excludes halogenated alkanes) is 22. The van der Waals surface area contributed by atoms with E-state index < -0.39 is 26.5 Å². The van der Waals surface area contributed by atoms with Gasteiger partial charge in [-0.2, -0.15) is 0 Å². The second-order valence-electron chi connectivity index (χ2n) is 14.2. The van der Waals surface area contributed by atoms with E-state index in [2.05, 4.69) is 43.5 Å². The van der Waals surface area contributed by atoms with Crippen molar-refractivity contribution in [1.29, 1.82) is 0 Å². The molecule has 2 unspecified atom stereocenters. The van der Waals surface area contributed by atoms with Gasteiger partial charge in [-0.25, -0.2) is 4.57 Å². The molecular formula is C42H80NO8P. The van der Waals surface area contributed by atoms with Crippen molar-refractivity contribution in [2.45, 2.75) is 200 Å². The zero-order chi connectivity index (χ0) is 38.2. The molecule has 0 saturated carbocycles. The molecule has 0 bridgehead atoms. The molecule has 306 valence electrons. The molecule has 0 rings (SSSR count). The zero-order valence-electron chi connectivity index (χ0n) is 33.8. The Kier molecular flexibility index (Phi) is 38.1. The average molecular weight is 758 g/mol. The molecule has 0 aliphatic carbocycles. The second kappa shape index (κ2) is 39.2. The fraction of sp³-hybridized carbons (Fsp3) is 0.857. The highest BCUT2D eigenvalue weighted by Gasteiger charge is 2.26. The van der Waals surface area contributed by atoms with Gasteiger partial charge in [0.2, 0.25) is 0 Å². The van der Waals surface area contributed by atoms with E-state index in [-0.39, 0.29) is 32.0 Å². The summed E-state index contributed by atoms with van der Waals surface area (Å²) in [6, 6.07) is 0. The summed E-state index contributed by atoms with van der Waals surface area (Å²) in [6.45, 7) is 4.20. The van der Waals surface area contributed by atoms with Gasteiger partial charge in [-0.05, 0) is 71.3 Å². The Balaban J connectivity index is 4.25. The summed E-state index contributed by atoms with van der Waals surface area (Å²) in [7, 11) is -2.65. The fourth-order valence-electron chi connectivity index (χ4n) is 5.78. The number of esters is 2. The normalized spacial score (nSPS) is 13.5. The molecule has 9 nitrogen and oxygen atoms in total. The molecule has 0 fully saturated rings. The van der Waals surface area contributed by atoms with Crippen LogP contribution in [0.4, 0.5) is 0 Å². The van der Waals surface area contributed by atoms with Crippen LogP contribution >= 0.6 is 7.82 Å². The van der Waals surface area contributed by atoms with Gasteiger partial charge in [0.25, 0.3) is 0 Å². The lowest BCUT2D eigenvalue weighted by molar-refractivity contribution is -0.161. The maximum atomic E-state index is 12.6. The Labute approximate surface area is 319 Å². The van der Waals surface area contributed by atoms with Crippen molar-refractivity contribution >= 4 is 19.8 Å². The van der Waals surface area contributed by atoms with Crippen LogP contribution < -0.4 is 5.32 Å². The number of likely N-dealkylation sites (N-methyl/N-ethyl adjacent to an activating group) is 1. The van der Waals surface area contributed by atoms with Crippen LogP contribution in [0.2, 0.25) is 0 Å². The number of phosphoric acid groups is 1. The highest BCUT2D eigenvalue weighted by molar-refractivity contribution is 7.47. The molecule has 10 heteroatoms. The van der Waals surface area contributed by atoms with Crippen molar-refractivity contribution in [2.24, 2.45) is 0 Å². The minimum absolute atomic E-state index is 0.0187. The van der Waals surface area contributed by atoms with E-state index in [0.717, 1.165) is 70.6 Å². The molecule has 0 aliphatic heterocycles. The summed E-state index contributed by atoms with van der Waals surface area (Å²) in [4.78, 5) is 35.0. The third kappa shape index (κ3) is 38.2. The van der Waals surface area contributed by atoms with E-state index in [1.54, 1.807) is 7.05 Å². The number of rotatable bonds is 40. The lowest BCUT2D eigenvalue weighted by Crippen LogP contribution is -2.29. The Morgan fingerprint density at radius 2 is 0.981 bits per heavy atom. The van der Waals surface area contributed by atoms with Crippen LogP contribution in [-0.2, 0) is 32.7 Å². The number of phosphoric ester groups is 1. The van der Waals surface area contributed by atoms with Gasteiger partial charge in [-0.15, -0.1) is 0 Å². The monoisotopic (exact) mass is 758 g/mol. The van der Waals surface area contributed by atoms with E-state index in [4.69, 9.17) is 18.5 Å². The molecule has 0 spiro atoms. The predicted octanol–water partition coefficient (Wildman–Crippen LogP) is 11.9. The summed E-state index contributed by atoms with van der Waals surface area (Å²) in [6.07, 6.45) is 39.3. The van der Waals surface area contributed by atoms with Gasteiger partial charge in [0.05, 0.1) is 13.2 Å². The highest BCUT2D eigenvalue weighted by atomic mass is 31.2. The zero-order valence-corrected chi connectivity index (χ0v) is 34.7. The average Bonchev–Trinajstić information content (AvgIpc) is 3.12. The molecule has 0 aromatic carbocycles. The number of ether oxygens (including phenoxy) is 2. The maximum Gasteiger partial charge on any atom is 0.472 e. The largest absolute Gasteiger partial charge is 0.472 e. The van der Waals surface area contributed by atoms with Crippen LogP contribution in [0.1, 0.15) is 194 Å². The number of hydrogen-bond donors (Lipinski definition) is 2. The topological polar surface area (TPSA) is 120 Å². The number of carbonyl (C=O) groups excluding carboxylic acids is 2. The molecule has 0 aromatic heterocycles. The Hall–Kier alpha value is -1.51. The van der Waals surface area contributed by atoms with Gasteiger partial charge in [-0.1, -0.05) is 141 Å². The Bertz CT molecular complexity index is 912. The Morgan fingerprint density at radius 3 is 1.42 bits per heavy atom. The first-order valence-corrected chi connectivity index (χ1v) is 22.8. The van der Waals surface area contributed by atoms with Crippen molar-refractivity contribution in [2.75, 3.05) is 33.4 Å². The molecule has 0 aromatic rings. The van der Waals surface area contributed by atoms with Gasteiger partial charge in [-0.3, -0.25) is 18.6 Å². The standard InChI is InChI=1S/C42H80NO8P/c1-4-6-8-10-12-14-16-18-20-22-24-26-28-30-32-34-41(44)48-38-40(39-50-52(46,47)49-37-36-43-3)51-42(45)35-33-31-29-27-25-23-21-19-17-15-13-11-9-7-5-2/h18-21,40,43H,4-17,22-39H2,1-3H3,(H,46,47)/b20-18+,21-19+. The molecule has 52 heavy (non-hydrogen) atoms. The summed E-state index contributed by atoms with van der Waals surface area (Å²) < 4.78 is 33.1. The van der Waals surface area contributed by atoms with Crippen molar-refractivity contribution < 1.29 is 37.6 Å². The van der Waals surface area contributed by atoms with Crippen LogP contribution in [0.5, 0.6) is 0 Å². The summed E-state index contributed by atoms with van der Waals surface area (Å²) in [5, 5.41) is 2.82. The van der Waals surface area contributed by atoms with Gasteiger partial charge in [0.1, 0.15) is 6.61 Å². The number of allylic oxidation sites excluding steroid dienone is 4. The molecule has 2 atom stereocenters. The lowest BCUT2D eigenvalue weighted by atomic mass is 10.1. The van der Waals surface area contributed by atoms with Crippen molar-refractivity contribution in [3.05, 3.63) is 24.3 Å². The van der Waals surface area contributed by atoms with Crippen LogP contribution in [0, 0.1) is 0 Å². The van der Waals surface area contributed by atoms with E-state index in [0.29, 0.717) is 13.0 Å². The first kappa shape index (κ1) is 50.5. The van der Waals surface area contributed by atoms with Crippen LogP contribution in [0.15, 0.2) is 24.3 Å². The fourth-order valence-corrected chi connectivity index (χ4v) is 6.53. The molecule has 2 N–H and O–H groups in total. The van der Waals surface area contributed by atoms with E-state index in [1.165, 1.54) is 89.9 Å². The summed E-state index contributed by atoms with van der Waals surface area (Å²) in [5.74, 6) is -0.822. The van der Waals surface area contributed by atoms with Gasteiger partial charge in [0.15, 0.2) is 6.10 Å². The second-order valence-corrected chi connectivity index (χ2v) is 15.6. The molecule has 0 saturated heterocycles. The smallest absolute Gasteiger partial charge is 0.462 e. The predicted molar refractivity (Wildman–Crippen MR) is 215 cm³/mol. The van der Waals surface area contributed by atoms with Crippen molar-refractivity contribution in [3.8, 4) is 0 Å². The van der Waals surface area contributed by atoms with Crippen LogP contribution in [0.3, 0.4) is 0 Å². The third-order valence-corrected chi connectivity index (χ3v) is 10.0. The lowest BCUT2D eigenvalue weighted by Gasteiger charge is -2.20. The first-order valence-electron chi connectivity index (χ1n) is 21.3. The highest BCUT2D eigenvalue weighted by Crippen LogP contribution is 2.43. The van der Waals surface area contributed by atoms with Gasteiger partial charge in [0, 0.05) is 19.4 Å². The van der Waals surface area contributed by atoms with Crippen LogP contribution in [-0.4, -0.2) is 56.3 Å². The molecule has 0 radical (unpaired) electrons. The third-order valence-electron chi connectivity index (χ3n) is 9.04. The van der Waals surface area contributed by atoms with E-state index in [9.17, 15) is 19.0 Å². The van der Waals surface area contributed by atoms with Gasteiger partial charge >= 0.3 is 19.8 Å². The number of nitrogens with one attached hydrogen (secondary N) is 1. The number of hydrogen-bond acceptors (Lipinski definition) is 8. The molecule has 0 amide bonds. The molecule has 0 aliphatic rings. The Morgan fingerprint density at radius 1 is 0.577 bits per heavy atom. The number of carbonyl (C=O) groups is 2. The minimum atomic E-state index is -4.35. The first-order chi connectivity index (χ1) is 25.3. The van der Waals surface area contributed by atoms with E-state index in [1.807, 2.05) is 0 Å². The quantitative estimate of drug-likeness (QED) is 0.0272. The van der Waals surface area contributed by atoms with Crippen molar-refractivity contribution in [3.63, 3.8) is 0 Å². The summed E-state index contributed by atoms with van der Waals surface area (Å²) >= 11 is 0. The van der Waals surface area contributed by atoms with Crippen LogP contribution in [0.25, 0.3) is 0 Å². The molecule has 0 heterocycles. The minimum Gasteiger partial charge on any atom is -0.462 e. The summed E-state index contributed by atoms with van der Waals surface area (Å²) in [5.41, 5.74) is 0. The van der Waals surface area contributed by atoms with E-state index >= 15 is 0 Å².